The van der Waals surface area contributed by atoms with E-state index < -0.39 is 17.8 Å². The highest BCUT2D eigenvalue weighted by molar-refractivity contribution is 5.99. The highest BCUT2D eigenvalue weighted by atomic mass is 19.4. The summed E-state index contributed by atoms with van der Waals surface area (Å²) in [5.41, 5.74) is 2.11. The summed E-state index contributed by atoms with van der Waals surface area (Å²) in [6.07, 6.45) is -2.89. The molecule has 0 atom stereocenters. The van der Waals surface area contributed by atoms with Gasteiger partial charge in [-0.05, 0) is 48.5 Å². The number of amides is 2. The van der Waals surface area contributed by atoms with E-state index in [1.54, 1.807) is 42.2 Å². The Balaban J connectivity index is 1.24. The number of nitrogens with zero attached hydrogens (tertiary/aromatic N) is 5. The number of carbonyl (C=O) groups is 1. The van der Waals surface area contributed by atoms with Crippen LogP contribution in [0.1, 0.15) is 18.1 Å². The lowest BCUT2D eigenvalue weighted by Crippen LogP contribution is -2.45. The van der Waals surface area contributed by atoms with Gasteiger partial charge in [0.05, 0.1) is 5.56 Å². The molecular formula is C26H30F3N9O. The van der Waals surface area contributed by atoms with Gasteiger partial charge in [-0.2, -0.15) is 18.3 Å². The van der Waals surface area contributed by atoms with Crippen molar-refractivity contribution in [2.24, 2.45) is 0 Å². The van der Waals surface area contributed by atoms with Crippen molar-refractivity contribution < 1.29 is 18.0 Å². The van der Waals surface area contributed by atoms with E-state index in [0.717, 1.165) is 44.5 Å². The van der Waals surface area contributed by atoms with Gasteiger partial charge in [0.1, 0.15) is 12.1 Å². The van der Waals surface area contributed by atoms with Crippen molar-refractivity contribution in [3.63, 3.8) is 0 Å². The van der Waals surface area contributed by atoms with Crippen molar-refractivity contribution >= 4 is 34.4 Å². The van der Waals surface area contributed by atoms with Crippen molar-refractivity contribution in [1.29, 1.82) is 0 Å². The normalized spacial score (nSPS) is 15.0. The Labute approximate surface area is 223 Å². The van der Waals surface area contributed by atoms with E-state index in [0.29, 0.717) is 22.7 Å². The fourth-order valence-corrected chi connectivity index (χ4v) is 4.71. The molecule has 206 valence electrons. The molecule has 0 unspecified atom stereocenters. The van der Waals surface area contributed by atoms with Crippen LogP contribution in [0.25, 0.3) is 16.9 Å². The Morgan fingerprint density at radius 2 is 1.67 bits per heavy atom. The molecule has 5 rings (SSSR count). The Morgan fingerprint density at radius 3 is 2.33 bits per heavy atom. The van der Waals surface area contributed by atoms with E-state index in [2.05, 4.69) is 43.0 Å². The standard InChI is InChI=1S/C26H30F3N9O/c1-3-36-10-12-37(13-11-36)15-17-4-5-19(14-21(17)26(27,28)29)33-25(39)32-18-6-8-20(9-7-18)38-16-31-22-23(30-2)34-35-24(22)38/h4-9,14,16H,3,10-13,15H2,1-2H3,(H2,30,34,35)(H2,32,33,39). The lowest BCUT2D eigenvalue weighted by Gasteiger charge is -2.34. The number of aromatic nitrogens is 4. The number of urea groups is 1. The number of anilines is 3. The van der Waals surface area contributed by atoms with Crippen LogP contribution in [0.4, 0.5) is 35.2 Å². The molecule has 13 heteroatoms. The molecule has 3 heterocycles. The molecule has 2 aromatic heterocycles. The van der Waals surface area contributed by atoms with Crippen LogP contribution in [0.2, 0.25) is 0 Å². The van der Waals surface area contributed by atoms with Gasteiger partial charge in [0.2, 0.25) is 0 Å². The first kappa shape index (κ1) is 26.5. The van der Waals surface area contributed by atoms with E-state index in [-0.39, 0.29) is 17.8 Å². The van der Waals surface area contributed by atoms with Crippen LogP contribution in [0.5, 0.6) is 0 Å². The number of imidazole rings is 1. The van der Waals surface area contributed by atoms with Crippen LogP contribution in [-0.2, 0) is 12.7 Å². The predicted molar refractivity (Wildman–Crippen MR) is 144 cm³/mol. The maximum Gasteiger partial charge on any atom is 0.416 e. The number of halogens is 3. The molecule has 4 aromatic rings. The number of fused-ring (bicyclic) bond motifs is 1. The highest BCUT2D eigenvalue weighted by Gasteiger charge is 2.34. The van der Waals surface area contributed by atoms with Crippen LogP contribution in [-0.4, -0.2) is 75.4 Å². The number of hydrogen-bond acceptors (Lipinski definition) is 6. The molecule has 39 heavy (non-hydrogen) atoms. The van der Waals surface area contributed by atoms with Gasteiger partial charge in [-0.1, -0.05) is 13.0 Å². The maximum absolute atomic E-state index is 13.9. The number of hydrogen-bond donors (Lipinski definition) is 4. The Bertz CT molecular complexity index is 1440. The summed E-state index contributed by atoms with van der Waals surface area (Å²) in [6, 6.07) is 10.2. The van der Waals surface area contributed by atoms with Gasteiger partial charge >= 0.3 is 12.2 Å². The summed E-state index contributed by atoms with van der Waals surface area (Å²) >= 11 is 0. The lowest BCUT2D eigenvalue weighted by molar-refractivity contribution is -0.138. The Hall–Kier alpha value is -4.10. The Kier molecular flexibility index (Phi) is 7.44. The minimum Gasteiger partial charge on any atom is -0.372 e. The average molecular weight is 542 g/mol. The number of rotatable bonds is 7. The first-order valence-corrected chi connectivity index (χ1v) is 12.7. The molecule has 1 aliphatic rings. The summed E-state index contributed by atoms with van der Waals surface area (Å²) in [5, 5.41) is 15.3. The predicted octanol–water partition coefficient (Wildman–Crippen LogP) is 4.59. The summed E-state index contributed by atoms with van der Waals surface area (Å²) in [7, 11) is 1.77. The molecule has 0 spiro atoms. The van der Waals surface area contributed by atoms with Gasteiger partial charge < -0.3 is 20.9 Å². The van der Waals surface area contributed by atoms with Crippen LogP contribution in [0.3, 0.4) is 0 Å². The molecule has 0 aliphatic carbocycles. The number of H-pyrrole nitrogens is 1. The molecule has 2 aromatic carbocycles. The van der Waals surface area contributed by atoms with Crippen molar-refractivity contribution in [2.75, 3.05) is 55.7 Å². The maximum atomic E-state index is 13.9. The fourth-order valence-electron chi connectivity index (χ4n) is 4.71. The highest BCUT2D eigenvalue weighted by Crippen LogP contribution is 2.34. The number of aromatic amines is 1. The van der Waals surface area contributed by atoms with E-state index in [1.807, 2.05) is 4.90 Å². The van der Waals surface area contributed by atoms with E-state index in [4.69, 9.17) is 0 Å². The van der Waals surface area contributed by atoms with E-state index >= 15 is 0 Å². The van der Waals surface area contributed by atoms with Crippen molar-refractivity contribution in [3.8, 4) is 5.69 Å². The molecule has 1 saturated heterocycles. The van der Waals surface area contributed by atoms with Gasteiger partial charge in [-0.25, -0.2) is 9.78 Å². The van der Waals surface area contributed by atoms with E-state index in [1.165, 1.54) is 12.1 Å². The lowest BCUT2D eigenvalue weighted by atomic mass is 10.0. The molecule has 0 bridgehead atoms. The molecule has 1 fully saturated rings. The zero-order valence-corrected chi connectivity index (χ0v) is 21.6. The zero-order valence-electron chi connectivity index (χ0n) is 21.6. The van der Waals surface area contributed by atoms with Crippen molar-refractivity contribution in [3.05, 3.63) is 59.9 Å². The summed E-state index contributed by atoms with van der Waals surface area (Å²) in [4.78, 5) is 21.2. The monoisotopic (exact) mass is 541 g/mol. The van der Waals surface area contributed by atoms with Crippen LogP contribution in [0, 0.1) is 0 Å². The summed E-state index contributed by atoms with van der Waals surface area (Å²) < 4.78 is 43.4. The smallest absolute Gasteiger partial charge is 0.372 e. The fraction of sp³-hybridized carbons (Fsp3) is 0.346. The third kappa shape index (κ3) is 5.83. The quantitative estimate of drug-likeness (QED) is 0.273. The molecule has 0 radical (unpaired) electrons. The molecule has 0 saturated carbocycles. The SMILES string of the molecule is CCN1CCN(Cc2ccc(NC(=O)Nc3ccc(-n4cnc5c(NC)[nH]nc54)cc3)cc2C(F)(F)F)CC1. The summed E-state index contributed by atoms with van der Waals surface area (Å²) in [6.45, 7) is 6.34. The van der Waals surface area contributed by atoms with Gasteiger partial charge in [-0.3, -0.25) is 14.6 Å². The number of benzene rings is 2. The largest absolute Gasteiger partial charge is 0.416 e. The molecule has 10 nitrogen and oxygen atoms in total. The number of nitrogens with one attached hydrogen (secondary N) is 4. The second-order valence-electron chi connectivity index (χ2n) is 9.34. The van der Waals surface area contributed by atoms with Crippen LogP contribution >= 0.6 is 0 Å². The van der Waals surface area contributed by atoms with Crippen molar-refractivity contribution in [1.82, 2.24) is 29.5 Å². The minimum atomic E-state index is -4.54. The number of piperazine rings is 1. The van der Waals surface area contributed by atoms with E-state index in [9.17, 15) is 18.0 Å². The van der Waals surface area contributed by atoms with Gasteiger partial charge in [-0.15, -0.1) is 0 Å². The second-order valence-corrected chi connectivity index (χ2v) is 9.34. The van der Waals surface area contributed by atoms with Gasteiger partial charge in [0.25, 0.3) is 0 Å². The summed E-state index contributed by atoms with van der Waals surface area (Å²) in [5.74, 6) is 0.704. The average Bonchev–Trinajstić information content (AvgIpc) is 3.52. The van der Waals surface area contributed by atoms with Crippen LogP contribution < -0.4 is 16.0 Å². The third-order valence-corrected chi connectivity index (χ3v) is 6.89. The first-order chi connectivity index (χ1) is 18.7. The number of carbonyl (C=O) groups excluding carboxylic acids is 1. The van der Waals surface area contributed by atoms with Crippen LogP contribution in [0.15, 0.2) is 48.8 Å². The van der Waals surface area contributed by atoms with Crippen molar-refractivity contribution in [2.45, 2.75) is 19.6 Å². The molecule has 1 aliphatic heterocycles. The number of alkyl halides is 3. The van der Waals surface area contributed by atoms with Gasteiger partial charge in [0, 0.05) is 56.8 Å². The van der Waals surface area contributed by atoms with Gasteiger partial charge in [0.15, 0.2) is 11.2 Å². The third-order valence-electron chi connectivity index (χ3n) is 6.89. The minimum absolute atomic E-state index is 0.0654. The molecular weight excluding hydrogens is 511 g/mol. The zero-order chi connectivity index (χ0) is 27.6. The molecule has 2 amide bonds. The topological polar surface area (TPSA) is 106 Å². The number of likely N-dealkylation sites (N-methyl/N-ethyl adjacent to an activating group) is 1. The molecule has 4 N–H and O–H groups in total. The Morgan fingerprint density at radius 1 is 1.00 bits per heavy atom. The first-order valence-electron chi connectivity index (χ1n) is 12.7. The second kappa shape index (κ2) is 10.9.